The molecule has 0 saturated carbocycles. The summed E-state index contributed by atoms with van der Waals surface area (Å²) in [6.07, 6.45) is 6.21. The van der Waals surface area contributed by atoms with E-state index in [9.17, 15) is 22.8 Å². The summed E-state index contributed by atoms with van der Waals surface area (Å²) in [5.41, 5.74) is 1.92. The van der Waals surface area contributed by atoms with Crippen LogP contribution in [-0.2, 0) is 32.3 Å². The summed E-state index contributed by atoms with van der Waals surface area (Å²) in [5, 5.41) is 3.39. The van der Waals surface area contributed by atoms with E-state index in [0.717, 1.165) is 6.26 Å². The molecule has 8 nitrogen and oxygen atoms in total. The van der Waals surface area contributed by atoms with Gasteiger partial charge in [-0.2, -0.15) is 0 Å². The Labute approximate surface area is 241 Å². The lowest BCUT2D eigenvalue weighted by atomic mass is 9.95. The molecule has 0 radical (unpaired) electrons. The second-order valence-electron chi connectivity index (χ2n) is 9.32. The molecule has 0 spiro atoms. The molecular formula is C27H25Cl3N2O6S. The number of ether oxygens (including phenoxy) is 1. The van der Waals surface area contributed by atoms with Crippen molar-refractivity contribution in [3.05, 3.63) is 90.8 Å². The molecule has 206 valence electrons. The van der Waals surface area contributed by atoms with Crippen LogP contribution in [0.1, 0.15) is 38.3 Å². The van der Waals surface area contributed by atoms with E-state index in [1.165, 1.54) is 19.3 Å². The van der Waals surface area contributed by atoms with Crippen molar-refractivity contribution < 1.29 is 27.5 Å². The fourth-order valence-corrected chi connectivity index (χ4v) is 6.24. The summed E-state index contributed by atoms with van der Waals surface area (Å²) in [5.74, 6) is -1.93. The Balaban J connectivity index is 1.53. The number of methoxy groups -OCH3 is 1. The zero-order valence-electron chi connectivity index (χ0n) is 21.0. The monoisotopic (exact) mass is 610 g/mol. The lowest BCUT2D eigenvalue weighted by Gasteiger charge is -2.30. The van der Waals surface area contributed by atoms with Crippen molar-refractivity contribution in [2.24, 2.45) is 5.92 Å². The molecule has 2 aromatic rings. The first kappa shape index (κ1) is 29.1. The van der Waals surface area contributed by atoms with Gasteiger partial charge in [-0.15, -0.1) is 0 Å². The zero-order valence-corrected chi connectivity index (χ0v) is 24.1. The third kappa shape index (κ3) is 6.49. The highest BCUT2D eigenvalue weighted by molar-refractivity contribution is 7.94. The number of hydrogen-bond donors (Lipinski definition) is 1. The Morgan fingerprint density at radius 1 is 1.15 bits per heavy atom. The molecule has 1 aliphatic heterocycles. The number of carbonyl (C=O) groups is 3. The Bertz CT molecular complexity index is 1500. The van der Waals surface area contributed by atoms with Gasteiger partial charge in [-0.05, 0) is 66.3 Å². The summed E-state index contributed by atoms with van der Waals surface area (Å²) in [7, 11) is -2.21. The van der Waals surface area contributed by atoms with Crippen molar-refractivity contribution >= 4 is 62.4 Å². The molecule has 1 N–H and O–H groups in total. The van der Waals surface area contributed by atoms with Crippen molar-refractivity contribution in [2.45, 2.75) is 25.4 Å². The van der Waals surface area contributed by atoms with Crippen molar-refractivity contribution in [2.75, 3.05) is 19.9 Å². The van der Waals surface area contributed by atoms with E-state index in [4.69, 9.17) is 39.5 Å². The van der Waals surface area contributed by atoms with Crippen LogP contribution >= 0.6 is 34.8 Å². The number of halogens is 3. The smallest absolute Gasteiger partial charge is 0.328 e. The number of carbonyl (C=O) groups excluding carboxylic acids is 3. The quantitative estimate of drug-likeness (QED) is 0.458. The van der Waals surface area contributed by atoms with Crippen LogP contribution in [0.2, 0.25) is 15.1 Å². The van der Waals surface area contributed by atoms with Gasteiger partial charge in [0, 0.05) is 29.9 Å². The van der Waals surface area contributed by atoms with E-state index in [-0.39, 0.29) is 39.4 Å². The largest absolute Gasteiger partial charge is 0.467 e. The second-order valence-corrected chi connectivity index (χ2v) is 12.6. The number of sulfone groups is 1. The second kappa shape index (κ2) is 11.7. The standard InChI is InChI=1S/C27H25Cl3N2O6S/c1-38-27(35)22(12-15-3-8-19(11-15)39(2,36)37)31-25(33)23-21(29)13-17-14-32(10-9-20(17)24(23)30)26(34)16-4-6-18(28)7-5-16/h3-8,11,13,15,22H,9-10,12,14H2,1-2H3,(H,31,33). The van der Waals surface area contributed by atoms with E-state index in [1.54, 1.807) is 41.3 Å². The molecule has 39 heavy (non-hydrogen) atoms. The van der Waals surface area contributed by atoms with E-state index < -0.39 is 33.7 Å². The van der Waals surface area contributed by atoms with Crippen molar-refractivity contribution in [1.29, 1.82) is 0 Å². The SMILES string of the molecule is COC(=O)C(CC1C=CC(S(C)(=O)=O)=C1)NC(=O)c1c(Cl)cc2c(c1Cl)CCN(C(=O)c1ccc(Cl)cc1)C2. The summed E-state index contributed by atoms with van der Waals surface area (Å²) in [6, 6.07) is 7.14. The predicted molar refractivity (Wildman–Crippen MR) is 150 cm³/mol. The Morgan fingerprint density at radius 2 is 1.85 bits per heavy atom. The van der Waals surface area contributed by atoms with Gasteiger partial charge in [0.1, 0.15) is 6.04 Å². The van der Waals surface area contributed by atoms with Gasteiger partial charge >= 0.3 is 5.97 Å². The average Bonchev–Trinajstić information content (AvgIpc) is 3.37. The highest BCUT2D eigenvalue weighted by atomic mass is 35.5. The molecule has 0 aromatic heterocycles. The molecule has 12 heteroatoms. The first-order valence-electron chi connectivity index (χ1n) is 11.9. The van der Waals surface area contributed by atoms with Gasteiger partial charge in [0.05, 0.1) is 27.6 Å². The molecule has 2 atom stereocenters. The van der Waals surface area contributed by atoms with Crippen molar-refractivity contribution in [1.82, 2.24) is 10.2 Å². The number of fused-ring (bicyclic) bond motifs is 1. The van der Waals surface area contributed by atoms with E-state index >= 15 is 0 Å². The Morgan fingerprint density at radius 3 is 2.46 bits per heavy atom. The van der Waals surface area contributed by atoms with Crippen LogP contribution in [0.5, 0.6) is 0 Å². The number of allylic oxidation sites excluding steroid dienone is 3. The molecule has 4 rings (SSSR count). The molecule has 2 aromatic carbocycles. The molecule has 2 unspecified atom stereocenters. The van der Waals surface area contributed by atoms with Crippen LogP contribution in [0.4, 0.5) is 0 Å². The fourth-order valence-electron chi connectivity index (χ4n) is 4.60. The van der Waals surface area contributed by atoms with Crippen LogP contribution in [-0.4, -0.2) is 57.1 Å². The van der Waals surface area contributed by atoms with Crippen molar-refractivity contribution in [3.63, 3.8) is 0 Å². The topological polar surface area (TPSA) is 110 Å². The lowest BCUT2D eigenvalue weighted by molar-refractivity contribution is -0.143. The number of esters is 1. The minimum atomic E-state index is -3.40. The molecule has 1 aliphatic carbocycles. The summed E-state index contributed by atoms with van der Waals surface area (Å²) >= 11 is 19.1. The van der Waals surface area contributed by atoms with E-state index in [2.05, 4.69) is 5.32 Å². The van der Waals surface area contributed by atoms with E-state index in [0.29, 0.717) is 34.7 Å². The molecule has 2 amide bonds. The normalized spacial score (nSPS) is 17.3. The van der Waals surface area contributed by atoms with E-state index in [1.807, 2.05) is 0 Å². The van der Waals surface area contributed by atoms with Gasteiger partial charge in [0.2, 0.25) is 0 Å². The van der Waals surface area contributed by atoms with Crippen molar-refractivity contribution in [3.8, 4) is 0 Å². The van der Waals surface area contributed by atoms with Gasteiger partial charge in [0.15, 0.2) is 9.84 Å². The highest BCUT2D eigenvalue weighted by Gasteiger charge is 2.31. The van der Waals surface area contributed by atoms with Gasteiger partial charge < -0.3 is 15.0 Å². The van der Waals surface area contributed by atoms with Gasteiger partial charge in [-0.25, -0.2) is 13.2 Å². The zero-order chi connectivity index (χ0) is 28.5. The third-order valence-electron chi connectivity index (χ3n) is 6.62. The number of hydrogen-bond acceptors (Lipinski definition) is 6. The molecule has 2 aliphatic rings. The molecular weight excluding hydrogens is 587 g/mol. The first-order chi connectivity index (χ1) is 18.4. The van der Waals surface area contributed by atoms with Crippen LogP contribution in [0.3, 0.4) is 0 Å². The minimum Gasteiger partial charge on any atom is -0.467 e. The van der Waals surface area contributed by atoms with Gasteiger partial charge in [0.25, 0.3) is 11.8 Å². The maximum absolute atomic E-state index is 13.3. The minimum absolute atomic E-state index is 0.0118. The number of nitrogens with zero attached hydrogens (tertiary/aromatic N) is 1. The van der Waals surface area contributed by atoms with Crippen LogP contribution in [0, 0.1) is 5.92 Å². The summed E-state index contributed by atoms with van der Waals surface area (Å²) in [6.45, 7) is 0.636. The predicted octanol–water partition coefficient (Wildman–Crippen LogP) is 4.62. The van der Waals surface area contributed by atoms with Crippen LogP contribution in [0.15, 0.2) is 53.5 Å². The third-order valence-corrected chi connectivity index (χ3v) is 8.72. The molecule has 0 fully saturated rings. The molecule has 0 bridgehead atoms. The number of nitrogens with one attached hydrogen (secondary N) is 1. The molecule has 1 heterocycles. The fraction of sp³-hybridized carbons (Fsp3) is 0.296. The molecule has 0 saturated heterocycles. The Kier molecular flexibility index (Phi) is 8.75. The van der Waals surface area contributed by atoms with Gasteiger partial charge in [-0.1, -0.05) is 47.0 Å². The maximum Gasteiger partial charge on any atom is 0.328 e. The number of benzene rings is 2. The maximum atomic E-state index is 13.3. The van der Waals surface area contributed by atoms with Crippen LogP contribution < -0.4 is 5.32 Å². The Hall–Kier alpha value is -2.85. The highest BCUT2D eigenvalue weighted by Crippen LogP contribution is 2.35. The summed E-state index contributed by atoms with van der Waals surface area (Å²) < 4.78 is 28.5. The average molecular weight is 612 g/mol. The number of rotatable bonds is 7. The van der Waals surface area contributed by atoms with Gasteiger partial charge in [-0.3, -0.25) is 9.59 Å². The lowest BCUT2D eigenvalue weighted by Crippen LogP contribution is -2.43. The summed E-state index contributed by atoms with van der Waals surface area (Å²) in [4.78, 5) is 40.5. The first-order valence-corrected chi connectivity index (χ1v) is 14.9. The number of amides is 2. The van der Waals surface area contributed by atoms with Crippen LogP contribution in [0.25, 0.3) is 0 Å².